The fraction of sp³-hybridized carbons (Fsp3) is 0.538. The van der Waals surface area contributed by atoms with Gasteiger partial charge in [0, 0.05) is 31.4 Å². The van der Waals surface area contributed by atoms with E-state index in [0.29, 0.717) is 25.2 Å². The summed E-state index contributed by atoms with van der Waals surface area (Å²) in [4.78, 5) is 17.7. The second-order valence-corrected chi connectivity index (χ2v) is 5.03. The van der Waals surface area contributed by atoms with Gasteiger partial charge >= 0.3 is 0 Å². The lowest BCUT2D eigenvalue weighted by Crippen LogP contribution is -2.39. The van der Waals surface area contributed by atoms with Crippen molar-refractivity contribution in [2.75, 3.05) is 13.1 Å². The van der Waals surface area contributed by atoms with Crippen LogP contribution in [-0.2, 0) is 0 Å². The largest absolute Gasteiger partial charge is 0.337 e. The number of amides is 1. The maximum atomic E-state index is 13.6. The summed E-state index contributed by atoms with van der Waals surface area (Å²) >= 11 is 0. The highest BCUT2D eigenvalue weighted by Crippen LogP contribution is 2.21. The Hall–Kier alpha value is -1.49. The van der Waals surface area contributed by atoms with Gasteiger partial charge in [0.15, 0.2) is 5.82 Å². The normalized spacial score (nSPS) is 27.1. The first-order valence-corrected chi connectivity index (χ1v) is 6.39. The Morgan fingerprint density at radius 2 is 2.22 bits per heavy atom. The number of carbonyl (C=O) groups is 1. The molecule has 0 saturated carbocycles. The fourth-order valence-corrected chi connectivity index (χ4v) is 2.85. The Morgan fingerprint density at radius 3 is 3.06 bits per heavy atom. The van der Waals surface area contributed by atoms with E-state index in [0.717, 1.165) is 19.0 Å². The molecular weight excluding hydrogens is 233 g/mol. The second kappa shape index (κ2) is 4.65. The minimum atomic E-state index is -0.537. The van der Waals surface area contributed by atoms with E-state index < -0.39 is 5.82 Å². The first kappa shape index (κ1) is 11.6. The zero-order valence-corrected chi connectivity index (χ0v) is 10.1. The summed E-state index contributed by atoms with van der Waals surface area (Å²) < 4.78 is 13.6. The van der Waals surface area contributed by atoms with E-state index in [9.17, 15) is 9.18 Å². The van der Waals surface area contributed by atoms with Crippen molar-refractivity contribution in [1.82, 2.24) is 15.2 Å². The van der Waals surface area contributed by atoms with Crippen molar-refractivity contribution >= 4 is 5.91 Å². The molecule has 2 aliphatic heterocycles. The minimum absolute atomic E-state index is 0.128. The quantitative estimate of drug-likeness (QED) is 0.813. The van der Waals surface area contributed by atoms with E-state index in [4.69, 9.17) is 0 Å². The summed E-state index contributed by atoms with van der Waals surface area (Å²) in [5, 5.41) is 3.50. The Morgan fingerprint density at radius 1 is 1.39 bits per heavy atom. The third-order valence-corrected chi connectivity index (χ3v) is 3.81. The molecule has 1 N–H and O–H groups in total. The highest BCUT2D eigenvalue weighted by molar-refractivity contribution is 5.94. The summed E-state index contributed by atoms with van der Waals surface area (Å²) in [6.07, 6.45) is 5.80. The minimum Gasteiger partial charge on any atom is -0.337 e. The van der Waals surface area contributed by atoms with Gasteiger partial charge in [-0.25, -0.2) is 4.39 Å². The molecule has 2 bridgehead atoms. The number of halogens is 1. The van der Waals surface area contributed by atoms with Crippen LogP contribution in [0.4, 0.5) is 4.39 Å². The summed E-state index contributed by atoms with van der Waals surface area (Å²) in [6, 6.07) is 2.34. The molecule has 18 heavy (non-hydrogen) atoms. The molecule has 1 aromatic heterocycles. The predicted octanol–water partition coefficient (Wildman–Crippen LogP) is 1.19. The lowest BCUT2D eigenvalue weighted by atomic mass is 10.1. The van der Waals surface area contributed by atoms with Crippen molar-refractivity contribution in [1.29, 1.82) is 0 Å². The van der Waals surface area contributed by atoms with E-state index in [2.05, 4.69) is 10.3 Å². The molecule has 2 aliphatic rings. The highest BCUT2D eigenvalue weighted by Gasteiger charge is 2.31. The van der Waals surface area contributed by atoms with Gasteiger partial charge < -0.3 is 10.2 Å². The molecule has 4 nitrogen and oxygen atoms in total. The van der Waals surface area contributed by atoms with E-state index >= 15 is 0 Å². The van der Waals surface area contributed by atoms with Crippen LogP contribution in [0.5, 0.6) is 0 Å². The molecule has 2 unspecified atom stereocenters. The van der Waals surface area contributed by atoms with E-state index in [-0.39, 0.29) is 11.5 Å². The van der Waals surface area contributed by atoms with Crippen molar-refractivity contribution in [2.24, 2.45) is 0 Å². The number of pyridine rings is 1. The molecule has 1 aromatic rings. The predicted molar refractivity (Wildman–Crippen MR) is 64.7 cm³/mol. The number of nitrogens with zero attached hydrogens (tertiary/aromatic N) is 2. The smallest absolute Gasteiger partial charge is 0.256 e. The van der Waals surface area contributed by atoms with Crippen LogP contribution in [0.25, 0.3) is 0 Å². The van der Waals surface area contributed by atoms with Gasteiger partial charge in [0.2, 0.25) is 0 Å². The lowest BCUT2D eigenvalue weighted by molar-refractivity contribution is 0.0743. The molecule has 2 fully saturated rings. The van der Waals surface area contributed by atoms with Gasteiger partial charge in [-0.3, -0.25) is 9.78 Å². The summed E-state index contributed by atoms with van der Waals surface area (Å²) in [7, 11) is 0. The average Bonchev–Trinajstić information content (AvgIpc) is 2.69. The molecule has 2 saturated heterocycles. The van der Waals surface area contributed by atoms with Crippen molar-refractivity contribution < 1.29 is 9.18 Å². The van der Waals surface area contributed by atoms with Crippen LogP contribution >= 0.6 is 0 Å². The molecule has 3 rings (SSSR count). The molecule has 3 heterocycles. The molecule has 0 aliphatic carbocycles. The number of aromatic nitrogens is 1. The Labute approximate surface area is 105 Å². The van der Waals surface area contributed by atoms with Crippen molar-refractivity contribution in [3.8, 4) is 0 Å². The number of likely N-dealkylation sites (tertiary alicyclic amines) is 1. The number of fused-ring (bicyclic) bond motifs is 2. The van der Waals surface area contributed by atoms with Crippen LogP contribution in [0.3, 0.4) is 0 Å². The molecule has 5 heteroatoms. The van der Waals surface area contributed by atoms with Crippen LogP contribution in [0.2, 0.25) is 0 Å². The fourth-order valence-electron chi connectivity index (χ4n) is 2.85. The van der Waals surface area contributed by atoms with Crippen molar-refractivity contribution in [2.45, 2.75) is 31.3 Å². The van der Waals surface area contributed by atoms with E-state index in [1.807, 2.05) is 0 Å². The topological polar surface area (TPSA) is 45.2 Å². The monoisotopic (exact) mass is 249 g/mol. The summed E-state index contributed by atoms with van der Waals surface area (Å²) in [5.74, 6) is -0.755. The Bertz CT molecular complexity index is 465. The van der Waals surface area contributed by atoms with Crippen LogP contribution in [-0.4, -0.2) is 41.0 Å². The number of hydrogen-bond acceptors (Lipinski definition) is 3. The van der Waals surface area contributed by atoms with Crippen LogP contribution in [0, 0.1) is 5.82 Å². The number of rotatable bonds is 1. The Balaban J connectivity index is 1.78. The third kappa shape index (κ3) is 2.10. The van der Waals surface area contributed by atoms with Gasteiger partial charge in [-0.15, -0.1) is 0 Å². The first-order chi connectivity index (χ1) is 8.74. The van der Waals surface area contributed by atoms with Gasteiger partial charge in [-0.05, 0) is 25.3 Å². The maximum Gasteiger partial charge on any atom is 0.256 e. The van der Waals surface area contributed by atoms with Crippen LogP contribution < -0.4 is 5.32 Å². The van der Waals surface area contributed by atoms with Crippen molar-refractivity contribution in [3.63, 3.8) is 0 Å². The molecule has 2 atom stereocenters. The zero-order chi connectivity index (χ0) is 12.5. The molecule has 0 radical (unpaired) electrons. The molecule has 96 valence electrons. The third-order valence-electron chi connectivity index (χ3n) is 3.81. The van der Waals surface area contributed by atoms with Crippen LogP contribution in [0.15, 0.2) is 18.5 Å². The molecular formula is C13H16FN3O. The summed E-state index contributed by atoms with van der Waals surface area (Å²) in [6.45, 7) is 1.38. The van der Waals surface area contributed by atoms with Gasteiger partial charge in [0.05, 0.1) is 11.8 Å². The highest BCUT2D eigenvalue weighted by atomic mass is 19.1. The van der Waals surface area contributed by atoms with E-state index in [1.54, 1.807) is 4.90 Å². The van der Waals surface area contributed by atoms with Gasteiger partial charge in [0.1, 0.15) is 0 Å². The van der Waals surface area contributed by atoms with Crippen LogP contribution in [0.1, 0.15) is 29.6 Å². The molecule has 0 aromatic carbocycles. The number of hydrogen-bond donors (Lipinski definition) is 1. The average molecular weight is 249 g/mol. The lowest BCUT2D eigenvalue weighted by Gasteiger charge is -2.24. The molecule has 0 spiro atoms. The van der Waals surface area contributed by atoms with E-state index in [1.165, 1.54) is 18.7 Å². The SMILES string of the molecule is O=C(c1ccncc1F)N1CCC2CCC(C1)N2. The summed E-state index contributed by atoms with van der Waals surface area (Å²) in [5.41, 5.74) is 0.128. The Kier molecular flexibility index (Phi) is 2.99. The van der Waals surface area contributed by atoms with Gasteiger partial charge in [0.25, 0.3) is 5.91 Å². The molecule has 1 amide bonds. The number of nitrogens with one attached hydrogen (secondary N) is 1. The van der Waals surface area contributed by atoms with Gasteiger partial charge in [-0.1, -0.05) is 0 Å². The first-order valence-electron chi connectivity index (χ1n) is 6.39. The van der Waals surface area contributed by atoms with Gasteiger partial charge in [-0.2, -0.15) is 0 Å². The number of carbonyl (C=O) groups excluding carboxylic acids is 1. The maximum absolute atomic E-state index is 13.6. The zero-order valence-electron chi connectivity index (χ0n) is 10.1. The second-order valence-electron chi connectivity index (χ2n) is 5.03. The standard InChI is InChI=1S/C13H16FN3O/c14-12-7-15-5-3-11(12)13(18)17-6-4-9-1-2-10(8-17)16-9/h3,5,7,9-10,16H,1-2,4,6,8H2. The van der Waals surface area contributed by atoms with Crippen molar-refractivity contribution in [3.05, 3.63) is 29.8 Å².